The van der Waals surface area contributed by atoms with Gasteiger partial charge in [0.15, 0.2) is 0 Å². The van der Waals surface area contributed by atoms with Crippen LogP contribution in [0.2, 0.25) is 14.8 Å². The molecule has 2 rings (SSSR count). The number of pyridine rings is 1. The number of ether oxygens (including phenoxy) is 3. The van der Waals surface area contributed by atoms with Crippen molar-refractivity contribution in [2.45, 2.75) is 41.0 Å². The molecule has 6 nitrogen and oxygen atoms in total. The van der Waals surface area contributed by atoms with Gasteiger partial charge in [-0.25, -0.2) is 0 Å². The Bertz CT molecular complexity index is 905. The fourth-order valence-corrected chi connectivity index (χ4v) is 6.92. The molecule has 2 aromatic rings. The van der Waals surface area contributed by atoms with Gasteiger partial charge in [0, 0.05) is 0 Å². The van der Waals surface area contributed by atoms with Crippen LogP contribution in [0, 0.1) is 0 Å². The van der Waals surface area contributed by atoms with E-state index in [4.69, 9.17) is 14.2 Å². The van der Waals surface area contributed by atoms with E-state index in [1.807, 2.05) is 6.92 Å². The number of rotatable bonds is 11. The molecule has 0 saturated heterocycles. The summed E-state index contributed by atoms with van der Waals surface area (Å²) in [6, 6.07) is 8.58. The third kappa shape index (κ3) is 6.20. The van der Waals surface area contributed by atoms with Gasteiger partial charge in [-0.3, -0.25) is 0 Å². The van der Waals surface area contributed by atoms with Gasteiger partial charge in [0.05, 0.1) is 6.61 Å². The van der Waals surface area contributed by atoms with E-state index in [1.165, 1.54) is 0 Å². The predicted octanol–water partition coefficient (Wildman–Crippen LogP) is 4.28. The van der Waals surface area contributed by atoms with Crippen molar-refractivity contribution in [3.05, 3.63) is 41.6 Å². The van der Waals surface area contributed by atoms with Gasteiger partial charge in [-0.2, -0.15) is 0 Å². The van der Waals surface area contributed by atoms with Crippen LogP contribution in [-0.4, -0.2) is 55.8 Å². The Kier molecular flexibility index (Phi) is 8.70. The van der Waals surface area contributed by atoms with Crippen molar-refractivity contribution in [3.8, 4) is 17.2 Å². The number of aromatic nitrogens is 1. The molecule has 1 aromatic heterocycles. The van der Waals surface area contributed by atoms with Crippen LogP contribution >= 0.6 is 0 Å². The molecule has 0 fully saturated rings. The SMILES string of the molecule is CCCOc1ccc(C(=O)CCC(=O)c2ccc(OC)[c]([Sn]([CH3])([CH3])[CH3])n2)cc1OC. The third-order valence-corrected chi connectivity index (χ3v) is 9.68. The van der Waals surface area contributed by atoms with Gasteiger partial charge in [-0.05, 0) is 6.42 Å². The van der Waals surface area contributed by atoms with Crippen molar-refractivity contribution in [2.24, 2.45) is 0 Å². The minimum atomic E-state index is -2.55. The Hall–Kier alpha value is -2.09. The minimum absolute atomic E-state index is 0.105. The van der Waals surface area contributed by atoms with Crippen LogP contribution in [0.4, 0.5) is 0 Å². The zero-order chi connectivity index (χ0) is 22.3. The Labute approximate surface area is 182 Å². The monoisotopic (exact) mass is 521 g/mol. The summed E-state index contributed by atoms with van der Waals surface area (Å²) in [7, 11) is 3.16. The molecule has 0 radical (unpaired) electrons. The van der Waals surface area contributed by atoms with E-state index >= 15 is 0 Å². The van der Waals surface area contributed by atoms with Crippen LogP contribution in [-0.2, 0) is 0 Å². The van der Waals surface area contributed by atoms with Crippen molar-refractivity contribution in [1.82, 2.24) is 4.98 Å². The molecule has 1 heterocycles. The summed E-state index contributed by atoms with van der Waals surface area (Å²) in [6.07, 6.45) is 1.10. The topological polar surface area (TPSA) is 74.7 Å². The normalized spacial score (nSPS) is 11.1. The molecule has 0 spiro atoms. The summed E-state index contributed by atoms with van der Waals surface area (Å²) in [6.45, 7) is 2.60. The Balaban J connectivity index is 2.10. The molecule has 162 valence electrons. The molecule has 0 aliphatic heterocycles. The second-order valence-electron chi connectivity index (χ2n) is 8.06. The second kappa shape index (κ2) is 10.8. The molecule has 0 aliphatic rings. The number of methoxy groups -OCH3 is 2. The van der Waals surface area contributed by atoms with Crippen molar-refractivity contribution < 1.29 is 23.8 Å². The molecule has 0 saturated carbocycles. The summed E-state index contributed by atoms with van der Waals surface area (Å²) in [5, 5.41) is 0. The van der Waals surface area contributed by atoms with Crippen molar-refractivity contribution >= 4 is 33.7 Å². The van der Waals surface area contributed by atoms with Crippen LogP contribution < -0.4 is 17.9 Å². The van der Waals surface area contributed by atoms with Crippen LogP contribution in [0.15, 0.2) is 30.3 Å². The molecular weight excluding hydrogens is 489 g/mol. The molecule has 0 aliphatic carbocycles. The van der Waals surface area contributed by atoms with Crippen molar-refractivity contribution in [3.63, 3.8) is 0 Å². The summed E-state index contributed by atoms with van der Waals surface area (Å²) in [5.74, 6) is 1.60. The van der Waals surface area contributed by atoms with Crippen LogP contribution in [0.3, 0.4) is 0 Å². The van der Waals surface area contributed by atoms with Crippen molar-refractivity contribution in [2.75, 3.05) is 20.8 Å². The number of nitrogens with zero attached hydrogens (tertiary/aromatic N) is 1. The quantitative estimate of drug-likeness (QED) is 0.326. The third-order valence-electron chi connectivity index (χ3n) is 4.60. The maximum atomic E-state index is 12.7. The number of ketones is 2. The first kappa shape index (κ1) is 24.2. The number of benzene rings is 1. The molecule has 7 heteroatoms. The van der Waals surface area contributed by atoms with Gasteiger partial charge in [0.1, 0.15) is 0 Å². The molecule has 30 heavy (non-hydrogen) atoms. The predicted molar refractivity (Wildman–Crippen MR) is 120 cm³/mol. The van der Waals surface area contributed by atoms with E-state index in [0.717, 1.165) is 15.9 Å². The van der Waals surface area contributed by atoms with Crippen molar-refractivity contribution in [1.29, 1.82) is 0 Å². The standard InChI is InChI=1S/C20H22NO5.3CH3.Sn/c1-4-11-26-19-10-5-14(12-20(19)25-3)17(22)8-9-18(23)16-7-6-15(24-2)13-21-16;;;;/h5-7,10,12H,4,8-9,11H2,1-3H3;3*1H3;. The first-order chi connectivity index (χ1) is 14.2. The van der Waals surface area contributed by atoms with E-state index in [2.05, 4.69) is 19.8 Å². The van der Waals surface area contributed by atoms with E-state index in [-0.39, 0.29) is 24.4 Å². The molecule has 0 atom stereocenters. The summed E-state index contributed by atoms with van der Waals surface area (Å²) < 4.78 is 17.3. The Morgan fingerprint density at radius 2 is 1.53 bits per heavy atom. The van der Waals surface area contributed by atoms with Gasteiger partial charge in [-0.15, -0.1) is 0 Å². The van der Waals surface area contributed by atoms with Gasteiger partial charge in [-0.1, -0.05) is 6.92 Å². The maximum absolute atomic E-state index is 12.7. The zero-order valence-corrected chi connectivity index (χ0v) is 21.6. The fraction of sp³-hybridized carbons (Fsp3) is 0.435. The number of Topliss-reactive ketones (excluding diaryl/α,β-unsaturated/α-hetero) is 2. The first-order valence-electron chi connectivity index (χ1n) is 10.1. The van der Waals surface area contributed by atoms with Crippen LogP contribution in [0.5, 0.6) is 17.2 Å². The van der Waals surface area contributed by atoms with Gasteiger partial charge in [0.25, 0.3) is 0 Å². The second-order valence-corrected chi connectivity index (χ2v) is 22.3. The summed E-state index contributed by atoms with van der Waals surface area (Å²) in [5.41, 5.74) is 0.892. The zero-order valence-electron chi connectivity index (χ0n) is 18.7. The van der Waals surface area contributed by atoms with Crippen LogP contribution in [0.25, 0.3) is 0 Å². The van der Waals surface area contributed by atoms with Gasteiger partial charge < -0.3 is 0 Å². The van der Waals surface area contributed by atoms with E-state index in [9.17, 15) is 9.59 Å². The molecule has 1 aromatic carbocycles. The van der Waals surface area contributed by atoms with E-state index in [0.29, 0.717) is 29.4 Å². The molecule has 0 N–H and O–H groups in total. The fourth-order valence-electron chi connectivity index (χ4n) is 2.98. The number of hydrogen-bond donors (Lipinski definition) is 0. The average molecular weight is 520 g/mol. The summed E-state index contributed by atoms with van der Waals surface area (Å²) in [4.78, 5) is 36.6. The Morgan fingerprint density at radius 3 is 2.13 bits per heavy atom. The van der Waals surface area contributed by atoms with Gasteiger partial charge >= 0.3 is 163 Å². The molecule has 0 bridgehead atoms. The first-order valence-corrected chi connectivity index (χ1v) is 20.1. The number of carbonyl (C=O) groups is 2. The molecular formula is C23H31NO5Sn. The number of carbonyl (C=O) groups excluding carboxylic acids is 2. The Morgan fingerprint density at radius 1 is 0.900 bits per heavy atom. The van der Waals surface area contributed by atoms with E-state index in [1.54, 1.807) is 44.6 Å². The van der Waals surface area contributed by atoms with Gasteiger partial charge in [0.2, 0.25) is 0 Å². The average Bonchev–Trinajstić information content (AvgIpc) is 2.74. The van der Waals surface area contributed by atoms with E-state index < -0.39 is 18.4 Å². The summed E-state index contributed by atoms with van der Waals surface area (Å²) >= 11 is -2.55. The van der Waals surface area contributed by atoms with Crippen LogP contribution in [0.1, 0.15) is 47.0 Å². The molecule has 0 unspecified atom stereocenters. The number of hydrogen-bond acceptors (Lipinski definition) is 6. The molecule has 0 amide bonds.